The molecule has 1 heterocycles. The van der Waals surface area contributed by atoms with Crippen molar-refractivity contribution in [3.05, 3.63) is 36.3 Å². The van der Waals surface area contributed by atoms with Crippen molar-refractivity contribution in [2.24, 2.45) is 0 Å². The van der Waals surface area contributed by atoms with E-state index in [2.05, 4.69) is 11.9 Å². The van der Waals surface area contributed by atoms with Crippen molar-refractivity contribution in [2.45, 2.75) is 38.5 Å². The predicted octanol–water partition coefficient (Wildman–Crippen LogP) is 2.62. The number of ether oxygens (including phenoxy) is 1. The van der Waals surface area contributed by atoms with Gasteiger partial charge in [0.05, 0.1) is 12.9 Å². The molecule has 1 aromatic heterocycles. The van der Waals surface area contributed by atoms with Gasteiger partial charge in [-0.3, -0.25) is 0 Å². The molecule has 0 saturated heterocycles. The van der Waals surface area contributed by atoms with E-state index in [0.29, 0.717) is 13.2 Å². The number of furan rings is 1. The second-order valence-corrected chi connectivity index (χ2v) is 4.15. The zero-order valence-corrected chi connectivity index (χ0v) is 9.58. The monoisotopic (exact) mass is 221 g/mol. The third kappa shape index (κ3) is 3.51. The summed E-state index contributed by atoms with van der Waals surface area (Å²) in [7, 11) is 0. The molecule has 2 rings (SSSR count). The van der Waals surface area contributed by atoms with E-state index in [1.54, 1.807) is 6.26 Å². The SMILES string of the molecule is C=CCCOCc1occc1CNC1CC1. The molecule has 0 unspecified atom stereocenters. The minimum absolute atomic E-state index is 0.558. The average Bonchev–Trinajstić information content (AvgIpc) is 3.02. The summed E-state index contributed by atoms with van der Waals surface area (Å²) in [4.78, 5) is 0. The fraction of sp³-hybridized carbons (Fsp3) is 0.538. The molecular weight excluding hydrogens is 202 g/mol. The highest BCUT2D eigenvalue weighted by molar-refractivity contribution is 5.16. The van der Waals surface area contributed by atoms with Crippen molar-refractivity contribution in [3.63, 3.8) is 0 Å². The predicted molar refractivity (Wildman–Crippen MR) is 63.0 cm³/mol. The Kier molecular flexibility index (Phi) is 4.19. The molecule has 0 aromatic carbocycles. The minimum Gasteiger partial charge on any atom is -0.467 e. The lowest BCUT2D eigenvalue weighted by molar-refractivity contribution is 0.109. The van der Waals surface area contributed by atoms with Crippen LogP contribution in [0.3, 0.4) is 0 Å². The largest absolute Gasteiger partial charge is 0.467 e. The number of nitrogens with one attached hydrogen (secondary N) is 1. The Labute approximate surface area is 96.5 Å². The van der Waals surface area contributed by atoms with Crippen molar-refractivity contribution < 1.29 is 9.15 Å². The summed E-state index contributed by atoms with van der Waals surface area (Å²) in [6, 6.07) is 2.74. The second kappa shape index (κ2) is 5.87. The van der Waals surface area contributed by atoms with Gasteiger partial charge in [0.1, 0.15) is 12.4 Å². The Bertz CT molecular complexity index is 328. The van der Waals surface area contributed by atoms with Crippen LogP contribution in [0.2, 0.25) is 0 Å². The summed E-state index contributed by atoms with van der Waals surface area (Å²) in [5.74, 6) is 0.942. The summed E-state index contributed by atoms with van der Waals surface area (Å²) in [6.07, 6.45) is 7.09. The Hall–Kier alpha value is -1.06. The maximum absolute atomic E-state index is 5.49. The molecule has 0 spiro atoms. The molecule has 1 fully saturated rings. The first-order valence-corrected chi connectivity index (χ1v) is 5.87. The molecule has 1 saturated carbocycles. The van der Waals surface area contributed by atoms with Crippen LogP contribution in [0.4, 0.5) is 0 Å². The van der Waals surface area contributed by atoms with Gasteiger partial charge < -0.3 is 14.5 Å². The van der Waals surface area contributed by atoms with Gasteiger partial charge in [-0.25, -0.2) is 0 Å². The van der Waals surface area contributed by atoms with Crippen molar-refractivity contribution in [2.75, 3.05) is 6.61 Å². The van der Waals surface area contributed by atoms with Crippen molar-refractivity contribution >= 4 is 0 Å². The summed E-state index contributed by atoms with van der Waals surface area (Å²) in [6.45, 7) is 5.81. The van der Waals surface area contributed by atoms with E-state index >= 15 is 0 Å². The number of hydrogen-bond donors (Lipinski definition) is 1. The van der Waals surface area contributed by atoms with Gasteiger partial charge in [-0.05, 0) is 25.3 Å². The Balaban J connectivity index is 1.73. The molecular formula is C13H19NO2. The zero-order chi connectivity index (χ0) is 11.2. The molecule has 1 aromatic rings. The van der Waals surface area contributed by atoms with Gasteiger partial charge in [-0.1, -0.05) is 6.08 Å². The minimum atomic E-state index is 0.558. The topological polar surface area (TPSA) is 34.4 Å². The first-order chi connectivity index (χ1) is 7.90. The third-order valence-electron chi connectivity index (χ3n) is 2.70. The van der Waals surface area contributed by atoms with E-state index in [-0.39, 0.29) is 0 Å². The van der Waals surface area contributed by atoms with E-state index in [9.17, 15) is 0 Å². The van der Waals surface area contributed by atoms with Crippen LogP contribution < -0.4 is 5.32 Å². The van der Waals surface area contributed by atoms with Gasteiger partial charge in [-0.2, -0.15) is 0 Å². The molecule has 0 radical (unpaired) electrons. The summed E-state index contributed by atoms with van der Waals surface area (Å²) in [5.41, 5.74) is 1.21. The highest BCUT2D eigenvalue weighted by Crippen LogP contribution is 2.20. The molecule has 16 heavy (non-hydrogen) atoms. The molecule has 88 valence electrons. The second-order valence-electron chi connectivity index (χ2n) is 4.15. The first kappa shape index (κ1) is 11.4. The van der Waals surface area contributed by atoms with Crippen LogP contribution in [0.15, 0.2) is 29.4 Å². The Morgan fingerprint density at radius 2 is 2.44 bits per heavy atom. The van der Waals surface area contributed by atoms with Crippen molar-refractivity contribution in [1.29, 1.82) is 0 Å². The Morgan fingerprint density at radius 1 is 1.56 bits per heavy atom. The molecule has 1 aliphatic rings. The lowest BCUT2D eigenvalue weighted by Gasteiger charge is -2.04. The third-order valence-corrected chi connectivity index (χ3v) is 2.70. The molecule has 0 aliphatic heterocycles. The first-order valence-electron chi connectivity index (χ1n) is 5.87. The van der Waals surface area contributed by atoms with Crippen LogP contribution in [0.1, 0.15) is 30.6 Å². The van der Waals surface area contributed by atoms with E-state index in [4.69, 9.17) is 9.15 Å². The maximum atomic E-state index is 5.49. The quantitative estimate of drug-likeness (QED) is 0.541. The molecule has 1 aliphatic carbocycles. The molecule has 0 bridgehead atoms. The standard InChI is InChI=1S/C13H19NO2/c1-2-3-7-15-10-13-11(6-8-16-13)9-14-12-4-5-12/h2,6,8,12,14H,1,3-5,7,9-10H2. The van der Waals surface area contributed by atoms with Gasteiger partial charge in [0, 0.05) is 18.2 Å². The van der Waals surface area contributed by atoms with Gasteiger partial charge in [0.15, 0.2) is 0 Å². The van der Waals surface area contributed by atoms with Gasteiger partial charge in [0.25, 0.3) is 0 Å². The summed E-state index contributed by atoms with van der Waals surface area (Å²) < 4.78 is 10.9. The van der Waals surface area contributed by atoms with E-state index in [1.165, 1.54) is 18.4 Å². The highest BCUT2D eigenvalue weighted by Gasteiger charge is 2.20. The van der Waals surface area contributed by atoms with Crippen LogP contribution in [-0.2, 0) is 17.9 Å². The number of rotatable bonds is 8. The van der Waals surface area contributed by atoms with Gasteiger partial charge in [-0.15, -0.1) is 6.58 Å². The lowest BCUT2D eigenvalue weighted by atomic mass is 10.2. The smallest absolute Gasteiger partial charge is 0.133 e. The molecule has 3 nitrogen and oxygen atoms in total. The normalized spacial score (nSPS) is 15.2. The highest BCUT2D eigenvalue weighted by atomic mass is 16.5. The average molecular weight is 221 g/mol. The molecule has 0 atom stereocenters. The van der Waals surface area contributed by atoms with Crippen LogP contribution in [0.5, 0.6) is 0 Å². The molecule has 0 amide bonds. The Morgan fingerprint density at radius 3 is 3.19 bits per heavy atom. The fourth-order valence-electron chi connectivity index (χ4n) is 1.52. The summed E-state index contributed by atoms with van der Waals surface area (Å²) >= 11 is 0. The lowest BCUT2D eigenvalue weighted by Crippen LogP contribution is -2.15. The van der Waals surface area contributed by atoms with Crippen LogP contribution in [0, 0.1) is 0 Å². The molecule has 3 heteroatoms. The van der Waals surface area contributed by atoms with Crippen molar-refractivity contribution in [1.82, 2.24) is 5.32 Å². The van der Waals surface area contributed by atoms with Crippen LogP contribution >= 0.6 is 0 Å². The zero-order valence-electron chi connectivity index (χ0n) is 9.58. The van der Waals surface area contributed by atoms with Crippen molar-refractivity contribution in [3.8, 4) is 0 Å². The number of hydrogen-bond acceptors (Lipinski definition) is 3. The summed E-state index contributed by atoms with van der Waals surface area (Å²) in [5, 5.41) is 3.47. The van der Waals surface area contributed by atoms with Gasteiger partial charge in [0.2, 0.25) is 0 Å². The van der Waals surface area contributed by atoms with E-state index in [1.807, 2.05) is 12.1 Å². The van der Waals surface area contributed by atoms with E-state index < -0.39 is 0 Å². The van der Waals surface area contributed by atoms with Crippen LogP contribution in [0.25, 0.3) is 0 Å². The van der Waals surface area contributed by atoms with E-state index in [0.717, 1.165) is 24.8 Å². The molecule has 1 N–H and O–H groups in total. The maximum Gasteiger partial charge on any atom is 0.133 e. The van der Waals surface area contributed by atoms with Gasteiger partial charge >= 0.3 is 0 Å². The van der Waals surface area contributed by atoms with Crippen LogP contribution in [-0.4, -0.2) is 12.6 Å². The fourth-order valence-corrected chi connectivity index (χ4v) is 1.52.